The van der Waals surface area contributed by atoms with Crippen LogP contribution in [0, 0.1) is 17.8 Å². The highest BCUT2D eigenvalue weighted by atomic mass is 16.5. The van der Waals surface area contributed by atoms with Crippen LogP contribution < -0.4 is 5.32 Å². The first-order valence-electron chi connectivity index (χ1n) is 9.18. The molecule has 1 N–H and O–H groups in total. The van der Waals surface area contributed by atoms with Gasteiger partial charge in [-0.3, -0.25) is 4.79 Å². The molecule has 3 nitrogen and oxygen atoms in total. The van der Waals surface area contributed by atoms with Crippen molar-refractivity contribution in [3.05, 3.63) is 35.9 Å². The summed E-state index contributed by atoms with van der Waals surface area (Å²) in [4.78, 5) is 12.7. The lowest BCUT2D eigenvalue weighted by atomic mass is 9.74. The van der Waals surface area contributed by atoms with Crippen LogP contribution in [0.4, 0.5) is 0 Å². The normalized spacial score (nSPS) is 31.9. The summed E-state index contributed by atoms with van der Waals surface area (Å²) in [7, 11) is 0. The average Bonchev–Trinajstić information content (AvgIpc) is 3.25. The zero-order chi connectivity index (χ0) is 15.7. The van der Waals surface area contributed by atoms with Gasteiger partial charge in [0.1, 0.15) is 0 Å². The van der Waals surface area contributed by atoms with Crippen LogP contribution in [0.15, 0.2) is 30.3 Å². The number of ether oxygens (including phenoxy) is 1. The fourth-order valence-corrected chi connectivity index (χ4v) is 5.07. The fourth-order valence-electron chi connectivity index (χ4n) is 5.07. The van der Waals surface area contributed by atoms with E-state index in [0.717, 1.165) is 44.9 Å². The van der Waals surface area contributed by atoms with Gasteiger partial charge in [0.15, 0.2) is 0 Å². The van der Waals surface area contributed by atoms with Crippen molar-refractivity contribution in [2.75, 3.05) is 19.8 Å². The Morgan fingerprint density at radius 3 is 2.57 bits per heavy atom. The second kappa shape index (κ2) is 6.27. The number of fused-ring (bicyclic) bond motifs is 2. The maximum absolute atomic E-state index is 12.7. The van der Waals surface area contributed by atoms with Crippen molar-refractivity contribution in [3.8, 4) is 0 Å². The second-order valence-corrected chi connectivity index (χ2v) is 7.76. The number of carbonyl (C=O) groups excluding carboxylic acids is 1. The zero-order valence-corrected chi connectivity index (χ0v) is 13.8. The number of rotatable bonds is 4. The van der Waals surface area contributed by atoms with E-state index in [9.17, 15) is 4.79 Å². The summed E-state index contributed by atoms with van der Waals surface area (Å²) in [5, 5.41) is 3.32. The predicted molar refractivity (Wildman–Crippen MR) is 90.1 cm³/mol. The lowest BCUT2D eigenvalue weighted by Gasteiger charge is -2.38. The summed E-state index contributed by atoms with van der Waals surface area (Å²) in [5.74, 6) is 2.06. The van der Waals surface area contributed by atoms with E-state index in [4.69, 9.17) is 4.74 Å². The van der Waals surface area contributed by atoms with Gasteiger partial charge in [0.25, 0.3) is 0 Å². The van der Waals surface area contributed by atoms with Gasteiger partial charge in [-0.05, 0) is 49.5 Å². The van der Waals surface area contributed by atoms with Crippen LogP contribution in [0.1, 0.15) is 44.1 Å². The molecule has 23 heavy (non-hydrogen) atoms. The summed E-state index contributed by atoms with van der Waals surface area (Å²) in [6.07, 6.45) is 7.01. The van der Waals surface area contributed by atoms with Gasteiger partial charge in [0, 0.05) is 31.1 Å². The van der Waals surface area contributed by atoms with Crippen LogP contribution in [0.5, 0.6) is 0 Å². The van der Waals surface area contributed by atoms with Crippen LogP contribution in [-0.4, -0.2) is 25.7 Å². The van der Waals surface area contributed by atoms with Crippen molar-refractivity contribution in [2.24, 2.45) is 17.8 Å². The molecular weight excluding hydrogens is 286 g/mol. The summed E-state index contributed by atoms with van der Waals surface area (Å²) in [6.45, 7) is 2.34. The minimum atomic E-state index is 0.0484. The molecule has 1 aliphatic heterocycles. The molecule has 3 atom stereocenters. The summed E-state index contributed by atoms with van der Waals surface area (Å²) in [6, 6.07) is 10.7. The SMILES string of the molecule is O=C(NCC1(c2ccccc2)CCOCC1)[C@@H]1C[C@H]2CC[C@H]1C2. The lowest BCUT2D eigenvalue weighted by Crippen LogP contribution is -2.46. The number of benzene rings is 1. The Balaban J connectivity index is 1.45. The molecule has 1 saturated heterocycles. The van der Waals surface area contributed by atoms with E-state index in [2.05, 4.69) is 35.6 Å². The first kappa shape index (κ1) is 15.2. The molecule has 3 fully saturated rings. The molecule has 2 bridgehead atoms. The Morgan fingerprint density at radius 1 is 1.13 bits per heavy atom. The van der Waals surface area contributed by atoms with Gasteiger partial charge in [-0.25, -0.2) is 0 Å². The van der Waals surface area contributed by atoms with E-state index in [-0.39, 0.29) is 11.3 Å². The van der Waals surface area contributed by atoms with Crippen LogP contribution in [0.2, 0.25) is 0 Å². The van der Waals surface area contributed by atoms with Gasteiger partial charge in [-0.2, -0.15) is 0 Å². The largest absolute Gasteiger partial charge is 0.381 e. The molecule has 1 aromatic rings. The van der Waals surface area contributed by atoms with Crippen molar-refractivity contribution in [1.29, 1.82) is 0 Å². The monoisotopic (exact) mass is 313 g/mol. The van der Waals surface area contributed by atoms with E-state index in [1.165, 1.54) is 24.8 Å². The molecule has 4 rings (SSSR count). The third kappa shape index (κ3) is 2.91. The molecule has 0 spiro atoms. The van der Waals surface area contributed by atoms with E-state index in [0.29, 0.717) is 11.8 Å². The third-order valence-electron chi connectivity index (χ3n) is 6.51. The number of hydrogen-bond donors (Lipinski definition) is 1. The Bertz CT molecular complexity index is 550. The van der Waals surface area contributed by atoms with Gasteiger partial charge >= 0.3 is 0 Å². The molecule has 3 heteroatoms. The van der Waals surface area contributed by atoms with Crippen molar-refractivity contribution in [3.63, 3.8) is 0 Å². The molecule has 1 heterocycles. The number of nitrogens with one attached hydrogen (secondary N) is 1. The van der Waals surface area contributed by atoms with E-state index >= 15 is 0 Å². The summed E-state index contributed by atoms with van der Waals surface area (Å²) in [5.41, 5.74) is 1.39. The molecule has 2 aliphatic carbocycles. The topological polar surface area (TPSA) is 38.3 Å². The van der Waals surface area contributed by atoms with Gasteiger partial charge < -0.3 is 10.1 Å². The van der Waals surface area contributed by atoms with Crippen molar-refractivity contribution in [1.82, 2.24) is 5.32 Å². The maximum atomic E-state index is 12.7. The van der Waals surface area contributed by atoms with Crippen LogP contribution in [-0.2, 0) is 14.9 Å². The van der Waals surface area contributed by atoms with Crippen LogP contribution in [0.25, 0.3) is 0 Å². The molecule has 0 radical (unpaired) electrons. The molecule has 3 aliphatic rings. The third-order valence-corrected chi connectivity index (χ3v) is 6.51. The Morgan fingerprint density at radius 2 is 1.91 bits per heavy atom. The van der Waals surface area contributed by atoms with Crippen molar-refractivity contribution >= 4 is 5.91 Å². The highest BCUT2D eigenvalue weighted by Gasteiger charge is 2.43. The molecule has 0 aromatic heterocycles. The molecule has 1 aromatic carbocycles. The second-order valence-electron chi connectivity index (χ2n) is 7.76. The van der Waals surface area contributed by atoms with E-state index in [1.54, 1.807) is 0 Å². The minimum absolute atomic E-state index is 0.0484. The maximum Gasteiger partial charge on any atom is 0.223 e. The number of hydrogen-bond acceptors (Lipinski definition) is 2. The van der Waals surface area contributed by atoms with E-state index in [1.807, 2.05) is 0 Å². The average molecular weight is 313 g/mol. The molecule has 2 saturated carbocycles. The van der Waals surface area contributed by atoms with Gasteiger partial charge in [-0.1, -0.05) is 36.8 Å². The van der Waals surface area contributed by atoms with Gasteiger partial charge in [-0.15, -0.1) is 0 Å². The predicted octanol–water partition coefficient (Wildman–Crippen LogP) is 3.29. The highest BCUT2D eigenvalue weighted by molar-refractivity contribution is 5.79. The first-order valence-corrected chi connectivity index (χ1v) is 9.18. The van der Waals surface area contributed by atoms with E-state index < -0.39 is 0 Å². The molecule has 0 unspecified atom stereocenters. The number of carbonyl (C=O) groups is 1. The Hall–Kier alpha value is -1.35. The minimum Gasteiger partial charge on any atom is -0.381 e. The van der Waals surface area contributed by atoms with Crippen LogP contribution >= 0.6 is 0 Å². The number of amides is 1. The molecule has 1 amide bonds. The Labute approximate surface area is 138 Å². The molecule has 124 valence electrons. The summed E-state index contributed by atoms with van der Waals surface area (Å²) < 4.78 is 5.58. The van der Waals surface area contributed by atoms with Gasteiger partial charge in [0.05, 0.1) is 0 Å². The van der Waals surface area contributed by atoms with Crippen molar-refractivity contribution < 1.29 is 9.53 Å². The quantitative estimate of drug-likeness (QED) is 0.926. The van der Waals surface area contributed by atoms with Crippen molar-refractivity contribution in [2.45, 2.75) is 43.9 Å². The van der Waals surface area contributed by atoms with Gasteiger partial charge in [0.2, 0.25) is 5.91 Å². The first-order chi connectivity index (χ1) is 11.3. The standard InChI is InChI=1S/C20H27NO2/c22-19(18-13-15-6-7-16(18)12-15)21-14-20(8-10-23-11-9-20)17-4-2-1-3-5-17/h1-5,15-16,18H,6-14H2,(H,21,22)/t15-,16-,18+/m0/s1. The smallest absolute Gasteiger partial charge is 0.223 e. The van der Waals surface area contributed by atoms with Crippen LogP contribution in [0.3, 0.4) is 0 Å². The summed E-state index contributed by atoms with van der Waals surface area (Å²) >= 11 is 0. The Kier molecular flexibility index (Phi) is 4.14. The highest BCUT2D eigenvalue weighted by Crippen LogP contribution is 2.48. The molecular formula is C20H27NO2. The zero-order valence-electron chi connectivity index (χ0n) is 13.8. The fraction of sp³-hybridized carbons (Fsp3) is 0.650. The lowest BCUT2D eigenvalue weighted by molar-refractivity contribution is -0.127.